The molecule has 1 N–H and O–H groups in total. The van der Waals surface area contributed by atoms with Gasteiger partial charge in [0.15, 0.2) is 0 Å². The van der Waals surface area contributed by atoms with Crippen molar-refractivity contribution in [3.8, 4) is 0 Å². The maximum Gasteiger partial charge on any atom is 0.230 e. The lowest BCUT2D eigenvalue weighted by atomic mass is 9.83. The Kier molecular flexibility index (Phi) is 5.90. The summed E-state index contributed by atoms with van der Waals surface area (Å²) >= 11 is 5.97. The van der Waals surface area contributed by atoms with E-state index < -0.39 is 5.41 Å². The molecular weight excluding hydrogens is 370 g/mol. The molecule has 0 radical (unpaired) electrons. The quantitative estimate of drug-likeness (QED) is 0.651. The Morgan fingerprint density at radius 2 is 1.71 bits per heavy atom. The number of hydrogen-bond acceptors (Lipinski definition) is 2. The molecule has 4 nitrogen and oxygen atoms in total. The van der Waals surface area contributed by atoms with Crippen LogP contribution in [0.15, 0.2) is 54.6 Å². The van der Waals surface area contributed by atoms with Crippen molar-refractivity contribution < 1.29 is 4.79 Å². The van der Waals surface area contributed by atoms with Gasteiger partial charge in [0.05, 0.1) is 17.7 Å². The average molecular weight is 396 g/mol. The second-order valence-corrected chi connectivity index (χ2v) is 8.04. The van der Waals surface area contributed by atoms with E-state index in [0.29, 0.717) is 11.6 Å². The van der Waals surface area contributed by atoms with Gasteiger partial charge in [0.25, 0.3) is 0 Å². The predicted molar refractivity (Wildman–Crippen MR) is 114 cm³/mol. The lowest BCUT2D eigenvalue weighted by molar-refractivity contribution is -0.125. The highest BCUT2D eigenvalue weighted by Crippen LogP contribution is 2.25. The van der Waals surface area contributed by atoms with Crippen molar-refractivity contribution in [3.63, 3.8) is 0 Å². The number of aryl methyl sites for hydroxylation is 1. The van der Waals surface area contributed by atoms with Crippen molar-refractivity contribution >= 4 is 17.5 Å². The largest absolute Gasteiger partial charge is 0.351 e. The van der Waals surface area contributed by atoms with Crippen LogP contribution in [0.25, 0.3) is 0 Å². The molecule has 0 aliphatic rings. The van der Waals surface area contributed by atoms with Gasteiger partial charge in [-0.15, -0.1) is 0 Å². The Balaban J connectivity index is 1.72. The summed E-state index contributed by atoms with van der Waals surface area (Å²) in [7, 11) is 0. The second kappa shape index (κ2) is 8.19. The van der Waals surface area contributed by atoms with Crippen molar-refractivity contribution in [3.05, 3.63) is 87.7 Å². The van der Waals surface area contributed by atoms with Crippen LogP contribution in [0.1, 0.15) is 41.9 Å². The van der Waals surface area contributed by atoms with Gasteiger partial charge in [0, 0.05) is 22.8 Å². The van der Waals surface area contributed by atoms with Crippen molar-refractivity contribution in [2.45, 2.75) is 46.2 Å². The minimum absolute atomic E-state index is 0.0237. The number of rotatable bonds is 6. The highest BCUT2D eigenvalue weighted by Gasteiger charge is 2.29. The first-order chi connectivity index (χ1) is 13.3. The summed E-state index contributed by atoms with van der Waals surface area (Å²) in [5, 5.41) is 8.41. The van der Waals surface area contributed by atoms with Crippen molar-refractivity contribution in [2.24, 2.45) is 0 Å². The number of aromatic nitrogens is 2. The first-order valence-corrected chi connectivity index (χ1v) is 9.78. The summed E-state index contributed by atoms with van der Waals surface area (Å²) in [5.74, 6) is -0.0237. The molecule has 0 atom stereocenters. The number of hydrogen-bond donors (Lipinski definition) is 1. The zero-order chi connectivity index (χ0) is 20.3. The summed E-state index contributed by atoms with van der Waals surface area (Å²) in [6.07, 6.45) is 0. The smallest absolute Gasteiger partial charge is 0.230 e. The molecule has 0 fully saturated rings. The van der Waals surface area contributed by atoms with Crippen molar-refractivity contribution in [1.29, 1.82) is 0 Å². The lowest BCUT2D eigenvalue weighted by Gasteiger charge is -2.24. The number of nitrogens with zero attached hydrogens (tertiary/aromatic N) is 2. The zero-order valence-electron chi connectivity index (χ0n) is 16.8. The van der Waals surface area contributed by atoms with E-state index in [4.69, 9.17) is 11.6 Å². The third kappa shape index (κ3) is 4.28. The summed E-state index contributed by atoms with van der Waals surface area (Å²) in [5.41, 5.74) is 4.57. The van der Waals surface area contributed by atoms with E-state index in [1.54, 1.807) is 0 Å². The van der Waals surface area contributed by atoms with Crippen LogP contribution >= 0.6 is 11.6 Å². The Bertz CT molecular complexity index is 960. The highest BCUT2D eigenvalue weighted by atomic mass is 35.5. The van der Waals surface area contributed by atoms with E-state index >= 15 is 0 Å². The fourth-order valence-electron chi connectivity index (χ4n) is 3.29. The number of nitrogens with one attached hydrogen (secondary N) is 1. The van der Waals surface area contributed by atoms with Crippen LogP contribution in [0, 0.1) is 13.8 Å². The topological polar surface area (TPSA) is 46.9 Å². The molecule has 3 aromatic rings. The second-order valence-electron chi connectivity index (χ2n) is 7.61. The van der Waals surface area contributed by atoms with Crippen molar-refractivity contribution in [2.75, 3.05) is 0 Å². The van der Waals surface area contributed by atoms with Crippen LogP contribution in [0.4, 0.5) is 0 Å². The molecular formula is C23H26ClN3O. The van der Waals surface area contributed by atoms with E-state index in [1.165, 1.54) is 5.56 Å². The normalized spacial score (nSPS) is 11.5. The predicted octanol–water partition coefficient (Wildman–Crippen LogP) is 4.80. The number of carbonyl (C=O) groups excluding carboxylic acids is 1. The van der Waals surface area contributed by atoms with Gasteiger partial charge in [-0.1, -0.05) is 54.1 Å². The SMILES string of the molecule is Cc1nn(Cc2ccccc2)c(C)c1CNC(=O)C(C)(C)c1ccc(Cl)cc1. The van der Waals surface area contributed by atoms with Gasteiger partial charge in [-0.25, -0.2) is 0 Å². The van der Waals surface area contributed by atoms with Crippen LogP contribution < -0.4 is 5.32 Å². The molecule has 1 heterocycles. The summed E-state index contributed by atoms with van der Waals surface area (Å²) in [6.45, 7) is 9.06. The van der Waals surface area contributed by atoms with Gasteiger partial charge in [0.2, 0.25) is 5.91 Å². The Morgan fingerprint density at radius 1 is 1.07 bits per heavy atom. The maximum absolute atomic E-state index is 12.9. The molecule has 1 aromatic heterocycles. The molecule has 2 aromatic carbocycles. The third-order valence-corrected chi connectivity index (χ3v) is 5.52. The van der Waals surface area contributed by atoms with Gasteiger partial charge >= 0.3 is 0 Å². The van der Waals surface area contributed by atoms with Crippen LogP contribution in [-0.2, 0) is 23.3 Å². The minimum atomic E-state index is -0.646. The first kappa shape index (κ1) is 20.2. The van der Waals surface area contributed by atoms with Crippen LogP contribution in [-0.4, -0.2) is 15.7 Å². The molecule has 0 saturated heterocycles. The van der Waals surface area contributed by atoms with Gasteiger partial charge in [-0.3, -0.25) is 9.48 Å². The third-order valence-electron chi connectivity index (χ3n) is 5.27. The molecule has 0 unspecified atom stereocenters. The zero-order valence-corrected chi connectivity index (χ0v) is 17.5. The van der Waals surface area contributed by atoms with Crippen LogP contribution in [0.5, 0.6) is 0 Å². The molecule has 0 spiro atoms. The fraction of sp³-hybridized carbons (Fsp3) is 0.304. The molecule has 0 aliphatic heterocycles. The number of halogens is 1. The summed E-state index contributed by atoms with van der Waals surface area (Å²) in [6, 6.07) is 17.7. The van der Waals surface area contributed by atoms with Gasteiger partial charge in [0.1, 0.15) is 0 Å². The lowest BCUT2D eigenvalue weighted by Crippen LogP contribution is -2.39. The number of amides is 1. The van der Waals surface area contributed by atoms with Crippen LogP contribution in [0.3, 0.4) is 0 Å². The molecule has 1 amide bonds. The maximum atomic E-state index is 12.9. The van der Waals surface area contributed by atoms with Gasteiger partial charge in [-0.05, 0) is 51.0 Å². The fourth-order valence-corrected chi connectivity index (χ4v) is 3.41. The van der Waals surface area contributed by atoms with Gasteiger partial charge in [-0.2, -0.15) is 5.10 Å². The minimum Gasteiger partial charge on any atom is -0.351 e. The Labute approximate surface area is 171 Å². The molecule has 5 heteroatoms. The molecule has 3 rings (SSSR count). The van der Waals surface area contributed by atoms with E-state index in [9.17, 15) is 4.79 Å². The first-order valence-electron chi connectivity index (χ1n) is 9.40. The van der Waals surface area contributed by atoms with Crippen molar-refractivity contribution in [1.82, 2.24) is 15.1 Å². The monoisotopic (exact) mass is 395 g/mol. The average Bonchev–Trinajstić information content (AvgIpc) is 2.94. The van der Waals surface area contributed by atoms with E-state index in [1.807, 2.05) is 67.9 Å². The number of carbonyl (C=O) groups is 1. The summed E-state index contributed by atoms with van der Waals surface area (Å²) in [4.78, 5) is 12.9. The Hall–Kier alpha value is -2.59. The van der Waals surface area contributed by atoms with E-state index in [0.717, 1.165) is 29.1 Å². The number of benzene rings is 2. The van der Waals surface area contributed by atoms with Gasteiger partial charge < -0.3 is 5.32 Å². The van der Waals surface area contributed by atoms with E-state index in [2.05, 4.69) is 29.5 Å². The molecule has 0 aliphatic carbocycles. The van der Waals surface area contributed by atoms with E-state index in [-0.39, 0.29) is 5.91 Å². The standard InChI is InChI=1S/C23H26ClN3O/c1-16-21(17(2)27(26-16)15-18-8-6-5-7-9-18)14-25-22(28)23(3,4)19-10-12-20(24)13-11-19/h5-13H,14-15H2,1-4H3,(H,25,28). The van der Waals surface area contributed by atoms with Crippen LogP contribution in [0.2, 0.25) is 5.02 Å². The molecule has 0 saturated carbocycles. The molecule has 0 bridgehead atoms. The Morgan fingerprint density at radius 3 is 2.36 bits per heavy atom. The highest BCUT2D eigenvalue weighted by molar-refractivity contribution is 6.30. The molecule has 28 heavy (non-hydrogen) atoms. The molecule has 146 valence electrons. The summed E-state index contributed by atoms with van der Waals surface area (Å²) < 4.78 is 2.00.